The van der Waals surface area contributed by atoms with E-state index >= 15 is 0 Å². The lowest BCUT2D eigenvalue weighted by Gasteiger charge is -2.32. The number of aromatic nitrogens is 1. The monoisotopic (exact) mass is 482 g/mol. The average molecular weight is 483 g/mol. The van der Waals surface area contributed by atoms with Crippen LogP contribution in [0.2, 0.25) is 0 Å². The van der Waals surface area contributed by atoms with E-state index in [9.17, 15) is 18.0 Å². The summed E-state index contributed by atoms with van der Waals surface area (Å²) < 4.78 is 28.2. The minimum absolute atomic E-state index is 0.0365. The lowest BCUT2D eigenvalue weighted by molar-refractivity contribution is -0.125. The van der Waals surface area contributed by atoms with Crippen molar-refractivity contribution < 1.29 is 18.0 Å². The first kappa shape index (κ1) is 23.0. The number of hydrogen-bond acceptors (Lipinski definition) is 5. The SMILES string of the molecule is C[C@H]1Cc2cc(S(=O)(=O)N3CCC(C(=O)Nc4ccccn4)CC3)ccc2N1C(=O)C1CCC1. The maximum absolute atomic E-state index is 13.4. The molecule has 0 spiro atoms. The number of carbonyl (C=O) groups excluding carboxylic acids is 2. The molecule has 180 valence electrons. The summed E-state index contributed by atoms with van der Waals surface area (Å²) >= 11 is 0. The largest absolute Gasteiger partial charge is 0.310 e. The Hall–Kier alpha value is -2.78. The Bertz CT molecular complexity index is 1190. The topological polar surface area (TPSA) is 99.7 Å². The van der Waals surface area contributed by atoms with Gasteiger partial charge in [-0.2, -0.15) is 4.31 Å². The first-order chi connectivity index (χ1) is 16.3. The molecule has 1 saturated carbocycles. The molecule has 3 aliphatic rings. The quantitative estimate of drug-likeness (QED) is 0.706. The van der Waals surface area contributed by atoms with Gasteiger partial charge in [0, 0.05) is 42.9 Å². The van der Waals surface area contributed by atoms with Crippen LogP contribution in [0.5, 0.6) is 0 Å². The van der Waals surface area contributed by atoms with Gasteiger partial charge in [0.1, 0.15) is 5.82 Å². The minimum Gasteiger partial charge on any atom is -0.310 e. The number of nitrogens with zero attached hydrogens (tertiary/aromatic N) is 3. The first-order valence-corrected chi connectivity index (χ1v) is 13.5. The molecule has 2 fully saturated rings. The Balaban J connectivity index is 1.25. The van der Waals surface area contributed by atoms with Gasteiger partial charge in [-0.05, 0) is 74.9 Å². The minimum atomic E-state index is -3.67. The highest BCUT2D eigenvalue weighted by molar-refractivity contribution is 7.89. The predicted molar refractivity (Wildman–Crippen MR) is 129 cm³/mol. The van der Waals surface area contributed by atoms with Crippen LogP contribution in [0, 0.1) is 11.8 Å². The smallest absolute Gasteiger partial charge is 0.243 e. The zero-order valence-electron chi connectivity index (χ0n) is 19.3. The van der Waals surface area contributed by atoms with Gasteiger partial charge in [0.2, 0.25) is 21.8 Å². The molecule has 2 aliphatic heterocycles. The second kappa shape index (κ2) is 9.11. The summed E-state index contributed by atoms with van der Waals surface area (Å²) in [5.74, 6) is 0.394. The maximum Gasteiger partial charge on any atom is 0.243 e. The van der Waals surface area contributed by atoms with Gasteiger partial charge in [-0.15, -0.1) is 0 Å². The second-order valence-corrected chi connectivity index (χ2v) is 11.5. The van der Waals surface area contributed by atoms with Crippen LogP contribution in [0.3, 0.4) is 0 Å². The summed E-state index contributed by atoms with van der Waals surface area (Å²) in [4.78, 5) is 31.7. The van der Waals surface area contributed by atoms with Crippen molar-refractivity contribution in [2.75, 3.05) is 23.3 Å². The molecule has 2 aromatic rings. The summed E-state index contributed by atoms with van der Waals surface area (Å²) in [6.45, 7) is 2.61. The van der Waals surface area contributed by atoms with Crippen molar-refractivity contribution in [1.82, 2.24) is 9.29 Å². The van der Waals surface area contributed by atoms with E-state index in [1.165, 1.54) is 4.31 Å². The number of nitrogens with one attached hydrogen (secondary N) is 1. The van der Waals surface area contributed by atoms with Crippen LogP contribution in [-0.2, 0) is 26.0 Å². The van der Waals surface area contributed by atoms with Crippen LogP contribution >= 0.6 is 0 Å². The normalized spacial score (nSPS) is 21.7. The van der Waals surface area contributed by atoms with E-state index in [0.717, 1.165) is 30.5 Å². The van der Waals surface area contributed by atoms with Crippen molar-refractivity contribution >= 4 is 33.3 Å². The number of amides is 2. The summed E-state index contributed by atoms with van der Waals surface area (Å²) in [5, 5.41) is 2.81. The molecule has 0 radical (unpaired) electrons. The van der Waals surface area contributed by atoms with E-state index in [1.807, 2.05) is 11.8 Å². The van der Waals surface area contributed by atoms with Crippen LogP contribution in [0.1, 0.15) is 44.6 Å². The zero-order valence-corrected chi connectivity index (χ0v) is 20.1. The number of benzene rings is 1. The van der Waals surface area contributed by atoms with Crippen molar-refractivity contribution in [3.63, 3.8) is 0 Å². The Morgan fingerprint density at radius 2 is 1.79 bits per heavy atom. The highest BCUT2D eigenvalue weighted by Gasteiger charge is 2.38. The van der Waals surface area contributed by atoms with Crippen molar-refractivity contribution in [2.24, 2.45) is 11.8 Å². The van der Waals surface area contributed by atoms with E-state index in [0.29, 0.717) is 38.2 Å². The van der Waals surface area contributed by atoms with Crippen LogP contribution in [0.4, 0.5) is 11.5 Å². The third-order valence-electron chi connectivity index (χ3n) is 7.34. The van der Waals surface area contributed by atoms with Crippen molar-refractivity contribution in [3.8, 4) is 0 Å². The van der Waals surface area contributed by atoms with Crippen LogP contribution in [0.25, 0.3) is 0 Å². The van der Waals surface area contributed by atoms with Crippen LogP contribution in [0.15, 0.2) is 47.5 Å². The third-order valence-corrected chi connectivity index (χ3v) is 9.23. The summed E-state index contributed by atoms with van der Waals surface area (Å²) in [6.07, 6.45) is 6.19. The Morgan fingerprint density at radius 3 is 2.44 bits per heavy atom. The summed E-state index contributed by atoms with van der Waals surface area (Å²) in [6, 6.07) is 10.5. The van der Waals surface area contributed by atoms with Gasteiger partial charge in [0.05, 0.1) is 4.90 Å². The number of anilines is 2. The Kier molecular flexibility index (Phi) is 6.16. The highest BCUT2D eigenvalue weighted by Crippen LogP contribution is 2.38. The molecular formula is C25H30N4O4S. The molecule has 0 unspecified atom stereocenters. The number of piperidine rings is 1. The van der Waals surface area contributed by atoms with Crippen LogP contribution < -0.4 is 10.2 Å². The average Bonchev–Trinajstić information content (AvgIpc) is 3.13. The molecule has 2 amide bonds. The maximum atomic E-state index is 13.4. The molecule has 3 heterocycles. The van der Waals surface area contributed by atoms with Crippen molar-refractivity contribution in [3.05, 3.63) is 48.2 Å². The molecule has 1 aromatic heterocycles. The zero-order chi connectivity index (χ0) is 23.9. The number of pyridine rings is 1. The van der Waals surface area contributed by atoms with Gasteiger partial charge in [0.25, 0.3) is 0 Å². The van der Waals surface area contributed by atoms with Gasteiger partial charge >= 0.3 is 0 Å². The Labute approximate surface area is 200 Å². The van der Waals surface area contributed by atoms with Gasteiger partial charge in [0.15, 0.2) is 0 Å². The summed E-state index contributed by atoms with van der Waals surface area (Å²) in [7, 11) is -3.67. The highest BCUT2D eigenvalue weighted by atomic mass is 32.2. The van der Waals surface area contributed by atoms with E-state index < -0.39 is 10.0 Å². The predicted octanol–water partition coefficient (Wildman–Crippen LogP) is 3.20. The van der Waals surface area contributed by atoms with E-state index in [1.54, 1.807) is 42.6 Å². The molecule has 8 nitrogen and oxygen atoms in total. The van der Waals surface area contributed by atoms with Crippen molar-refractivity contribution in [2.45, 2.75) is 56.4 Å². The number of rotatable bonds is 5. The number of carbonyl (C=O) groups is 2. The van der Waals surface area contributed by atoms with Gasteiger partial charge in [-0.1, -0.05) is 12.5 Å². The molecule has 1 aromatic carbocycles. The molecule has 34 heavy (non-hydrogen) atoms. The van der Waals surface area contributed by atoms with E-state index in [2.05, 4.69) is 10.3 Å². The molecule has 1 N–H and O–H groups in total. The van der Waals surface area contributed by atoms with Crippen LogP contribution in [-0.4, -0.2) is 48.7 Å². The third kappa shape index (κ3) is 4.22. The molecular weight excluding hydrogens is 452 g/mol. The van der Waals surface area contributed by atoms with Gasteiger partial charge < -0.3 is 10.2 Å². The number of hydrogen-bond donors (Lipinski definition) is 1. The lowest BCUT2D eigenvalue weighted by atomic mass is 9.84. The molecule has 1 atom stereocenters. The van der Waals surface area contributed by atoms with Crippen molar-refractivity contribution in [1.29, 1.82) is 0 Å². The summed E-state index contributed by atoms with van der Waals surface area (Å²) in [5.41, 5.74) is 1.75. The lowest BCUT2D eigenvalue weighted by Crippen LogP contribution is -2.42. The van der Waals surface area contributed by atoms with Gasteiger partial charge in [-0.25, -0.2) is 13.4 Å². The fourth-order valence-electron chi connectivity index (χ4n) is 5.13. The molecule has 1 aliphatic carbocycles. The fourth-order valence-corrected chi connectivity index (χ4v) is 6.65. The fraction of sp³-hybridized carbons (Fsp3) is 0.480. The van der Waals surface area contributed by atoms with Gasteiger partial charge in [-0.3, -0.25) is 9.59 Å². The van der Waals surface area contributed by atoms with E-state index in [4.69, 9.17) is 0 Å². The molecule has 9 heteroatoms. The molecule has 1 saturated heterocycles. The number of fused-ring (bicyclic) bond motifs is 1. The van der Waals surface area contributed by atoms with E-state index in [-0.39, 0.29) is 34.6 Å². The molecule has 5 rings (SSSR count). The molecule has 0 bridgehead atoms. The number of sulfonamides is 1. The second-order valence-electron chi connectivity index (χ2n) is 9.56. The first-order valence-electron chi connectivity index (χ1n) is 12.0. The standard InChI is InChI=1S/C25H30N4O4S/c1-17-15-20-16-21(8-9-22(20)29(17)25(31)19-5-4-6-19)34(32,33)28-13-10-18(11-14-28)24(30)27-23-7-2-3-12-26-23/h2-3,7-9,12,16-19H,4-6,10-11,13-15H2,1H3,(H,26,27,30)/t17-/m0/s1. The Morgan fingerprint density at radius 1 is 1.03 bits per heavy atom.